The van der Waals surface area contributed by atoms with Crippen LogP contribution in [0.25, 0.3) is 0 Å². The molecule has 1 aliphatic heterocycles. The zero-order valence-corrected chi connectivity index (χ0v) is 11.2. The van der Waals surface area contributed by atoms with E-state index < -0.39 is 5.97 Å². The quantitative estimate of drug-likeness (QED) is 0.768. The van der Waals surface area contributed by atoms with Crippen molar-refractivity contribution in [1.29, 1.82) is 0 Å². The van der Waals surface area contributed by atoms with Gasteiger partial charge in [0.05, 0.1) is 18.2 Å². The number of hydrogen-bond donors (Lipinski definition) is 0. The van der Waals surface area contributed by atoms with Crippen LogP contribution in [-0.4, -0.2) is 37.0 Å². The largest absolute Gasteiger partial charge is 0.465 e. The van der Waals surface area contributed by atoms with Gasteiger partial charge in [0.25, 0.3) is 5.91 Å². The first-order valence-electron chi connectivity index (χ1n) is 6.70. The molecule has 1 saturated heterocycles. The van der Waals surface area contributed by atoms with Crippen molar-refractivity contribution in [3.05, 3.63) is 35.4 Å². The molecule has 0 bridgehead atoms. The average Bonchev–Trinajstić information content (AvgIpc) is 2.74. The van der Waals surface area contributed by atoms with Crippen LogP contribution >= 0.6 is 0 Å². The fourth-order valence-electron chi connectivity index (χ4n) is 2.40. The number of hydrogen-bond acceptors (Lipinski definition) is 3. The van der Waals surface area contributed by atoms with Gasteiger partial charge >= 0.3 is 5.97 Å². The lowest BCUT2D eigenvalue weighted by atomic mass is 10.1. The fraction of sp³-hybridized carbons (Fsp3) is 0.467. The maximum Gasteiger partial charge on any atom is 0.338 e. The van der Waals surface area contributed by atoms with Crippen molar-refractivity contribution in [2.45, 2.75) is 25.7 Å². The Kier molecular flexibility index (Phi) is 4.55. The summed E-state index contributed by atoms with van der Waals surface area (Å²) in [5, 5.41) is 0. The lowest BCUT2D eigenvalue weighted by molar-refractivity contribution is 0.0590. The van der Waals surface area contributed by atoms with Crippen molar-refractivity contribution in [1.82, 2.24) is 4.90 Å². The highest BCUT2D eigenvalue weighted by atomic mass is 16.5. The van der Waals surface area contributed by atoms with Crippen LogP contribution in [0.15, 0.2) is 24.3 Å². The van der Waals surface area contributed by atoms with Gasteiger partial charge in [-0.3, -0.25) is 4.79 Å². The highest BCUT2D eigenvalue weighted by molar-refractivity contribution is 6.05. The lowest BCUT2D eigenvalue weighted by Crippen LogP contribution is -2.33. The third-order valence-electron chi connectivity index (χ3n) is 3.46. The van der Waals surface area contributed by atoms with Crippen LogP contribution < -0.4 is 0 Å². The molecule has 1 heterocycles. The van der Waals surface area contributed by atoms with Gasteiger partial charge in [-0.2, -0.15) is 0 Å². The normalized spacial score (nSPS) is 15.7. The SMILES string of the molecule is COC(=O)c1ccccc1C(=O)N1CCCCCC1. The number of methoxy groups -OCH3 is 1. The summed E-state index contributed by atoms with van der Waals surface area (Å²) >= 11 is 0. The third-order valence-corrected chi connectivity index (χ3v) is 3.46. The molecule has 0 atom stereocenters. The molecular formula is C15H19NO3. The molecule has 19 heavy (non-hydrogen) atoms. The molecule has 102 valence electrons. The minimum Gasteiger partial charge on any atom is -0.465 e. The molecule has 1 aliphatic rings. The highest BCUT2D eigenvalue weighted by Gasteiger charge is 2.22. The summed E-state index contributed by atoms with van der Waals surface area (Å²) < 4.78 is 4.73. The summed E-state index contributed by atoms with van der Waals surface area (Å²) in [7, 11) is 1.33. The lowest BCUT2D eigenvalue weighted by Gasteiger charge is -2.21. The summed E-state index contributed by atoms with van der Waals surface area (Å²) in [5.41, 5.74) is 0.787. The molecule has 0 N–H and O–H groups in total. The molecular weight excluding hydrogens is 242 g/mol. The number of rotatable bonds is 2. The van der Waals surface area contributed by atoms with Crippen LogP contribution in [0.3, 0.4) is 0 Å². The highest BCUT2D eigenvalue weighted by Crippen LogP contribution is 2.16. The molecule has 0 aliphatic carbocycles. The van der Waals surface area contributed by atoms with Crippen molar-refractivity contribution in [2.75, 3.05) is 20.2 Å². The van der Waals surface area contributed by atoms with Crippen molar-refractivity contribution < 1.29 is 14.3 Å². The molecule has 4 heteroatoms. The Labute approximate surface area is 113 Å². The van der Waals surface area contributed by atoms with Gasteiger partial charge in [-0.15, -0.1) is 0 Å². The molecule has 0 aromatic heterocycles. The number of likely N-dealkylation sites (tertiary alicyclic amines) is 1. The first-order valence-corrected chi connectivity index (χ1v) is 6.70. The first kappa shape index (κ1) is 13.6. The van der Waals surface area contributed by atoms with Gasteiger partial charge in [-0.05, 0) is 25.0 Å². The second-order valence-electron chi connectivity index (χ2n) is 4.74. The number of carbonyl (C=O) groups is 2. The van der Waals surface area contributed by atoms with Crippen LogP contribution in [-0.2, 0) is 4.74 Å². The van der Waals surface area contributed by atoms with Gasteiger partial charge in [-0.25, -0.2) is 4.79 Å². The Bertz CT molecular complexity index is 462. The fourth-order valence-corrected chi connectivity index (χ4v) is 2.40. The van der Waals surface area contributed by atoms with Crippen LogP contribution in [0.4, 0.5) is 0 Å². The van der Waals surface area contributed by atoms with Crippen molar-refractivity contribution in [3.8, 4) is 0 Å². The molecule has 0 spiro atoms. The maximum atomic E-state index is 12.5. The second kappa shape index (κ2) is 6.36. The zero-order valence-electron chi connectivity index (χ0n) is 11.2. The van der Waals surface area contributed by atoms with Crippen LogP contribution in [0.2, 0.25) is 0 Å². The summed E-state index contributed by atoms with van der Waals surface area (Å²) in [6.07, 6.45) is 4.41. The van der Waals surface area contributed by atoms with Crippen LogP contribution in [0.1, 0.15) is 46.4 Å². The summed E-state index contributed by atoms with van der Waals surface area (Å²) in [4.78, 5) is 26.1. The van der Waals surface area contributed by atoms with E-state index >= 15 is 0 Å². The molecule has 1 amide bonds. The zero-order chi connectivity index (χ0) is 13.7. The first-order chi connectivity index (χ1) is 9.24. The van der Waals surface area contributed by atoms with E-state index in [0.717, 1.165) is 25.9 Å². The Morgan fingerprint density at radius 2 is 1.58 bits per heavy atom. The van der Waals surface area contributed by atoms with Gasteiger partial charge in [0.2, 0.25) is 0 Å². The summed E-state index contributed by atoms with van der Waals surface area (Å²) in [6.45, 7) is 1.54. The minimum absolute atomic E-state index is 0.0668. The van der Waals surface area contributed by atoms with E-state index in [-0.39, 0.29) is 5.91 Å². The number of nitrogens with zero attached hydrogens (tertiary/aromatic N) is 1. The molecule has 1 aromatic carbocycles. The molecule has 0 radical (unpaired) electrons. The van der Waals surface area contributed by atoms with Gasteiger partial charge in [0.1, 0.15) is 0 Å². The molecule has 0 unspecified atom stereocenters. The number of benzene rings is 1. The Morgan fingerprint density at radius 3 is 2.16 bits per heavy atom. The summed E-state index contributed by atoms with van der Waals surface area (Å²) in [5.74, 6) is -0.526. The van der Waals surface area contributed by atoms with E-state index in [2.05, 4.69) is 0 Å². The predicted octanol–water partition coefficient (Wildman–Crippen LogP) is 2.49. The number of carbonyl (C=O) groups excluding carboxylic acids is 2. The molecule has 1 aromatic rings. The molecule has 0 saturated carbocycles. The van der Waals surface area contributed by atoms with Crippen molar-refractivity contribution in [2.24, 2.45) is 0 Å². The third kappa shape index (κ3) is 3.13. The summed E-state index contributed by atoms with van der Waals surface area (Å²) in [6, 6.07) is 6.85. The predicted molar refractivity (Wildman–Crippen MR) is 72.2 cm³/mol. The molecule has 1 fully saturated rings. The topological polar surface area (TPSA) is 46.6 Å². The van der Waals surface area contributed by atoms with E-state index in [1.54, 1.807) is 24.3 Å². The van der Waals surface area contributed by atoms with E-state index in [9.17, 15) is 9.59 Å². The maximum absolute atomic E-state index is 12.5. The standard InChI is InChI=1S/C15H19NO3/c1-19-15(18)13-9-5-4-8-12(13)14(17)16-10-6-2-3-7-11-16/h4-5,8-9H,2-3,6-7,10-11H2,1H3. The van der Waals surface area contributed by atoms with Crippen LogP contribution in [0, 0.1) is 0 Å². The second-order valence-corrected chi connectivity index (χ2v) is 4.74. The van der Waals surface area contributed by atoms with Crippen molar-refractivity contribution >= 4 is 11.9 Å². The van der Waals surface area contributed by atoms with Gasteiger partial charge in [0.15, 0.2) is 0 Å². The van der Waals surface area contributed by atoms with E-state index in [1.807, 2.05) is 4.90 Å². The van der Waals surface area contributed by atoms with E-state index in [0.29, 0.717) is 11.1 Å². The number of ether oxygens (including phenoxy) is 1. The molecule has 4 nitrogen and oxygen atoms in total. The average molecular weight is 261 g/mol. The molecule has 2 rings (SSSR count). The van der Waals surface area contributed by atoms with E-state index in [1.165, 1.54) is 20.0 Å². The smallest absolute Gasteiger partial charge is 0.338 e. The number of amides is 1. The van der Waals surface area contributed by atoms with Crippen molar-refractivity contribution in [3.63, 3.8) is 0 Å². The van der Waals surface area contributed by atoms with E-state index in [4.69, 9.17) is 4.74 Å². The van der Waals surface area contributed by atoms with Gasteiger partial charge < -0.3 is 9.64 Å². The monoisotopic (exact) mass is 261 g/mol. The Morgan fingerprint density at radius 1 is 1.00 bits per heavy atom. The van der Waals surface area contributed by atoms with Crippen LogP contribution in [0.5, 0.6) is 0 Å². The Hall–Kier alpha value is -1.84. The van der Waals surface area contributed by atoms with Gasteiger partial charge in [0, 0.05) is 13.1 Å². The van der Waals surface area contributed by atoms with Gasteiger partial charge in [-0.1, -0.05) is 25.0 Å². The minimum atomic E-state index is -0.459. The Balaban J connectivity index is 2.25. The number of esters is 1.